The number of halogens is 3. The summed E-state index contributed by atoms with van der Waals surface area (Å²) in [5.41, 5.74) is -1.91. The standard InChI is InChI=1S/C15H27P.CHF3O3S/c1-2-8-13(7-1)16(14-9-3-4-10-14)15-11-5-6-12-15;2-1(3,4)8(5,6)7/h13-15H,1-12H2;(H,5,6,7). The Bertz CT molecular complexity index is 439. The van der Waals surface area contributed by atoms with Crippen molar-refractivity contribution < 1.29 is 26.1 Å². The summed E-state index contributed by atoms with van der Waals surface area (Å²) in [5, 5.41) is 0. The van der Waals surface area contributed by atoms with Crippen LogP contribution in [0.1, 0.15) is 77.0 Å². The lowest BCUT2D eigenvalue weighted by molar-refractivity contribution is -0.0510. The van der Waals surface area contributed by atoms with Gasteiger partial charge in [0.15, 0.2) is 0 Å². The molecule has 3 nitrogen and oxygen atoms in total. The Morgan fingerprint density at radius 2 is 0.917 bits per heavy atom. The average Bonchev–Trinajstić information content (AvgIpc) is 3.22. The molecule has 3 rings (SSSR count). The quantitative estimate of drug-likeness (QED) is 0.384. The third-order valence-corrected chi connectivity index (χ3v) is 10.2. The van der Waals surface area contributed by atoms with Gasteiger partial charge >= 0.3 is 15.6 Å². The van der Waals surface area contributed by atoms with Crippen LogP contribution in [0, 0.1) is 0 Å². The number of hydrogen-bond donors (Lipinski definition) is 1. The topological polar surface area (TPSA) is 54.4 Å². The molecule has 0 aromatic rings. The summed E-state index contributed by atoms with van der Waals surface area (Å²) in [6.07, 6.45) is 19.0. The number of alkyl halides is 3. The molecule has 0 heterocycles. The lowest BCUT2D eigenvalue weighted by Gasteiger charge is -2.35. The van der Waals surface area contributed by atoms with Crippen LogP contribution in [0.2, 0.25) is 0 Å². The molecule has 24 heavy (non-hydrogen) atoms. The zero-order valence-corrected chi connectivity index (χ0v) is 15.7. The Morgan fingerprint density at radius 1 is 0.708 bits per heavy atom. The maximum Gasteiger partial charge on any atom is 0.522 e. The van der Waals surface area contributed by atoms with E-state index < -0.39 is 15.6 Å². The molecule has 8 heteroatoms. The molecule has 3 fully saturated rings. The zero-order chi connectivity index (χ0) is 17.8. The summed E-state index contributed by atoms with van der Waals surface area (Å²) in [6, 6.07) is 0. The fourth-order valence-electron chi connectivity index (χ4n) is 4.50. The van der Waals surface area contributed by atoms with E-state index >= 15 is 0 Å². The van der Waals surface area contributed by atoms with Crippen LogP contribution < -0.4 is 0 Å². The first-order chi connectivity index (χ1) is 11.2. The number of rotatable bonds is 3. The van der Waals surface area contributed by atoms with Gasteiger partial charge in [-0.05, 0) is 55.5 Å². The molecule has 1 N–H and O–H groups in total. The summed E-state index contributed by atoms with van der Waals surface area (Å²) in [4.78, 5) is 0. The maximum absolute atomic E-state index is 10.7. The van der Waals surface area contributed by atoms with E-state index in [9.17, 15) is 13.2 Å². The van der Waals surface area contributed by atoms with Crippen molar-refractivity contribution in [1.29, 1.82) is 0 Å². The van der Waals surface area contributed by atoms with Gasteiger partial charge in [-0.15, -0.1) is 0 Å². The van der Waals surface area contributed by atoms with Crippen LogP contribution in [0.15, 0.2) is 0 Å². The Labute approximate surface area is 144 Å². The third-order valence-electron chi connectivity index (χ3n) is 5.53. The first-order valence-electron chi connectivity index (χ1n) is 9.01. The van der Waals surface area contributed by atoms with Crippen LogP contribution in [-0.4, -0.2) is 35.5 Å². The van der Waals surface area contributed by atoms with Gasteiger partial charge in [0.25, 0.3) is 0 Å². The molecule has 0 radical (unpaired) electrons. The van der Waals surface area contributed by atoms with Crippen molar-refractivity contribution in [1.82, 2.24) is 0 Å². The normalized spacial score (nSPS) is 24.5. The van der Waals surface area contributed by atoms with Crippen molar-refractivity contribution in [3.63, 3.8) is 0 Å². The number of hydrogen-bond acceptors (Lipinski definition) is 2. The van der Waals surface area contributed by atoms with E-state index in [1.807, 2.05) is 0 Å². The highest BCUT2D eigenvalue weighted by atomic mass is 32.2. The van der Waals surface area contributed by atoms with Crippen molar-refractivity contribution >= 4 is 18.0 Å². The predicted octanol–water partition coefficient (Wildman–Crippen LogP) is 5.69. The van der Waals surface area contributed by atoms with E-state index in [-0.39, 0.29) is 0 Å². The summed E-state index contributed by atoms with van der Waals surface area (Å²) in [7, 11) is -5.40. The van der Waals surface area contributed by atoms with Gasteiger partial charge in [0.1, 0.15) is 0 Å². The molecule has 0 saturated heterocycles. The van der Waals surface area contributed by atoms with E-state index in [1.54, 1.807) is 77.0 Å². The van der Waals surface area contributed by atoms with E-state index in [2.05, 4.69) is 0 Å². The first-order valence-corrected chi connectivity index (χ1v) is 12.0. The minimum atomic E-state index is -5.84. The molecule has 0 atom stereocenters. The SMILES string of the molecule is C1CCC(P(C2CCCC2)C2CCCC2)C1.O=S(=O)(O)C(F)(F)F. The van der Waals surface area contributed by atoms with Crippen LogP contribution >= 0.6 is 7.92 Å². The Balaban J connectivity index is 0.000000224. The summed E-state index contributed by atoms with van der Waals surface area (Å²) < 4.78 is 57.5. The summed E-state index contributed by atoms with van der Waals surface area (Å²) in [6.45, 7) is 0. The Kier molecular flexibility index (Phi) is 7.39. The van der Waals surface area contributed by atoms with Crippen LogP contribution in [0.25, 0.3) is 0 Å². The monoisotopic (exact) mass is 388 g/mol. The summed E-state index contributed by atoms with van der Waals surface area (Å²) >= 11 is 0. The molecule has 3 aliphatic carbocycles. The van der Waals surface area contributed by atoms with Gasteiger partial charge in [0.05, 0.1) is 0 Å². The van der Waals surface area contributed by atoms with E-state index in [1.165, 1.54) is 17.0 Å². The molecule has 0 bridgehead atoms. The van der Waals surface area contributed by atoms with Gasteiger partial charge in [-0.25, -0.2) is 0 Å². The maximum atomic E-state index is 10.7. The van der Waals surface area contributed by atoms with Gasteiger partial charge in [-0.2, -0.15) is 21.6 Å². The largest absolute Gasteiger partial charge is 0.522 e. The second kappa shape index (κ2) is 8.68. The Morgan fingerprint density at radius 3 is 1.08 bits per heavy atom. The highest BCUT2D eigenvalue weighted by Gasteiger charge is 2.44. The second-order valence-electron chi connectivity index (χ2n) is 7.18. The molecule has 0 unspecified atom stereocenters. The average molecular weight is 388 g/mol. The molecular formula is C16H28F3O3PS. The fraction of sp³-hybridized carbons (Fsp3) is 1.00. The lowest BCUT2D eigenvalue weighted by Crippen LogP contribution is -2.21. The van der Waals surface area contributed by atoms with Crippen molar-refractivity contribution in [2.45, 2.75) is 99.5 Å². The van der Waals surface area contributed by atoms with Gasteiger partial charge in [-0.1, -0.05) is 46.4 Å². The molecule has 0 aromatic heterocycles. The molecule has 3 aliphatic rings. The molecule has 0 spiro atoms. The fourth-order valence-corrected chi connectivity index (χ4v) is 9.17. The van der Waals surface area contributed by atoms with Gasteiger partial charge in [0, 0.05) is 0 Å². The van der Waals surface area contributed by atoms with E-state index in [0.717, 1.165) is 0 Å². The summed E-state index contributed by atoms with van der Waals surface area (Å²) in [5.74, 6) is 0. The van der Waals surface area contributed by atoms with Crippen LogP contribution in [-0.2, 0) is 10.1 Å². The van der Waals surface area contributed by atoms with Gasteiger partial charge in [0.2, 0.25) is 0 Å². The van der Waals surface area contributed by atoms with Crippen molar-refractivity contribution in [3.05, 3.63) is 0 Å². The predicted molar refractivity (Wildman–Crippen MR) is 91.3 cm³/mol. The van der Waals surface area contributed by atoms with E-state index in [0.29, 0.717) is 7.92 Å². The minimum absolute atomic E-state index is 0.436. The van der Waals surface area contributed by atoms with Crippen molar-refractivity contribution in [2.75, 3.05) is 0 Å². The van der Waals surface area contributed by atoms with E-state index in [4.69, 9.17) is 13.0 Å². The second-order valence-corrected chi connectivity index (χ2v) is 11.7. The van der Waals surface area contributed by atoms with Crippen LogP contribution in [0.5, 0.6) is 0 Å². The van der Waals surface area contributed by atoms with Crippen LogP contribution in [0.3, 0.4) is 0 Å². The molecule has 0 aromatic carbocycles. The lowest BCUT2D eigenvalue weighted by atomic mass is 10.3. The zero-order valence-electron chi connectivity index (χ0n) is 14.0. The molecule has 0 amide bonds. The minimum Gasteiger partial charge on any atom is -0.279 e. The molecule has 0 aliphatic heterocycles. The third kappa shape index (κ3) is 5.57. The van der Waals surface area contributed by atoms with Crippen molar-refractivity contribution in [2.24, 2.45) is 0 Å². The van der Waals surface area contributed by atoms with Gasteiger partial charge in [-0.3, -0.25) is 4.55 Å². The Hall–Kier alpha value is 0.130. The first kappa shape index (κ1) is 20.4. The highest BCUT2D eigenvalue weighted by molar-refractivity contribution is 7.86. The van der Waals surface area contributed by atoms with Crippen molar-refractivity contribution in [3.8, 4) is 0 Å². The smallest absolute Gasteiger partial charge is 0.279 e. The molecule has 142 valence electrons. The molecule has 3 saturated carbocycles. The molecular weight excluding hydrogens is 360 g/mol. The highest BCUT2D eigenvalue weighted by Crippen LogP contribution is 2.63. The van der Waals surface area contributed by atoms with Crippen LogP contribution in [0.4, 0.5) is 13.2 Å². The van der Waals surface area contributed by atoms with Gasteiger partial charge < -0.3 is 0 Å².